The van der Waals surface area contributed by atoms with E-state index >= 15 is 0 Å². The van der Waals surface area contributed by atoms with E-state index in [2.05, 4.69) is 15.0 Å². The highest BCUT2D eigenvalue weighted by Crippen LogP contribution is 2.13. The molecule has 7 heteroatoms. The normalized spacial score (nSPS) is 12.3. The van der Waals surface area contributed by atoms with E-state index in [1.165, 1.54) is 10.9 Å². The van der Waals surface area contributed by atoms with Crippen molar-refractivity contribution in [3.63, 3.8) is 0 Å². The molecule has 1 N–H and O–H groups in total. The molecule has 26 heavy (non-hydrogen) atoms. The third-order valence-corrected chi connectivity index (χ3v) is 4.24. The molecule has 0 radical (unpaired) electrons. The van der Waals surface area contributed by atoms with E-state index in [-0.39, 0.29) is 12.2 Å². The first-order valence-corrected chi connectivity index (χ1v) is 8.19. The van der Waals surface area contributed by atoms with Gasteiger partial charge < -0.3 is 9.72 Å². The average Bonchev–Trinajstić information content (AvgIpc) is 3.09. The monoisotopic (exact) mass is 348 g/mol. The van der Waals surface area contributed by atoms with Crippen LogP contribution in [0.3, 0.4) is 0 Å². The highest BCUT2D eigenvalue weighted by Gasteiger charge is 2.19. The number of aromatic nitrogens is 4. The van der Waals surface area contributed by atoms with Crippen LogP contribution in [0.4, 0.5) is 0 Å². The van der Waals surface area contributed by atoms with Crippen LogP contribution in [0, 0.1) is 0 Å². The second-order valence-electron chi connectivity index (χ2n) is 5.96. The molecule has 4 rings (SSSR count). The summed E-state index contributed by atoms with van der Waals surface area (Å²) in [5.41, 5.74) is 2.00. The number of H-pyrrole nitrogens is 1. The zero-order valence-corrected chi connectivity index (χ0v) is 14.0. The van der Waals surface area contributed by atoms with Crippen LogP contribution in [0.15, 0.2) is 59.7 Å². The maximum Gasteiger partial charge on any atom is 0.329 e. The molecule has 0 aliphatic carbocycles. The summed E-state index contributed by atoms with van der Waals surface area (Å²) in [6, 6.07) is 13.8. The summed E-state index contributed by atoms with van der Waals surface area (Å²) in [5, 5.41) is 0.465. The van der Waals surface area contributed by atoms with Crippen LogP contribution in [-0.4, -0.2) is 25.5 Å². The first kappa shape index (κ1) is 16.0. The minimum Gasteiger partial charge on any atom is -0.456 e. The molecule has 0 aliphatic rings. The van der Waals surface area contributed by atoms with Crippen LogP contribution in [0.2, 0.25) is 0 Å². The zero-order valence-electron chi connectivity index (χ0n) is 14.0. The minimum absolute atomic E-state index is 0.00755. The topological polar surface area (TPSA) is 89.9 Å². The first-order valence-electron chi connectivity index (χ1n) is 8.19. The molecule has 0 bridgehead atoms. The Balaban J connectivity index is 1.52. The molecule has 0 spiro atoms. The average molecular weight is 348 g/mol. The van der Waals surface area contributed by atoms with E-state index in [9.17, 15) is 9.59 Å². The second-order valence-corrected chi connectivity index (χ2v) is 5.96. The van der Waals surface area contributed by atoms with Crippen molar-refractivity contribution in [2.75, 3.05) is 0 Å². The van der Waals surface area contributed by atoms with Gasteiger partial charge in [0, 0.05) is 0 Å². The Morgan fingerprint density at radius 3 is 2.69 bits per heavy atom. The molecular weight excluding hydrogens is 332 g/mol. The molecule has 2 aromatic heterocycles. The van der Waals surface area contributed by atoms with Gasteiger partial charge in [0.1, 0.15) is 18.5 Å². The van der Waals surface area contributed by atoms with E-state index in [4.69, 9.17) is 4.74 Å². The summed E-state index contributed by atoms with van der Waals surface area (Å²) < 4.78 is 6.60. The van der Waals surface area contributed by atoms with E-state index in [1.54, 1.807) is 25.1 Å². The van der Waals surface area contributed by atoms with Crippen molar-refractivity contribution < 1.29 is 9.53 Å². The third kappa shape index (κ3) is 2.83. The Morgan fingerprint density at radius 1 is 1.15 bits per heavy atom. The van der Waals surface area contributed by atoms with Gasteiger partial charge >= 0.3 is 5.97 Å². The van der Waals surface area contributed by atoms with Crippen molar-refractivity contribution >= 4 is 27.9 Å². The molecule has 2 aromatic carbocycles. The van der Waals surface area contributed by atoms with Crippen LogP contribution in [0.5, 0.6) is 0 Å². The van der Waals surface area contributed by atoms with Gasteiger partial charge in [-0.05, 0) is 31.2 Å². The summed E-state index contributed by atoms with van der Waals surface area (Å²) in [4.78, 5) is 36.6. The lowest BCUT2D eigenvalue weighted by molar-refractivity contribution is -0.148. The summed E-state index contributed by atoms with van der Waals surface area (Å²) in [6.07, 6.45) is 1.37. The Labute approximate surface area is 148 Å². The number of ether oxygens (including phenoxy) is 1. The molecular formula is C19H16N4O3. The lowest BCUT2D eigenvalue weighted by atomic mass is 10.2. The van der Waals surface area contributed by atoms with Crippen molar-refractivity contribution in [1.82, 2.24) is 19.5 Å². The van der Waals surface area contributed by atoms with E-state index in [1.807, 2.05) is 30.3 Å². The van der Waals surface area contributed by atoms with Gasteiger partial charge in [-0.25, -0.2) is 14.8 Å². The van der Waals surface area contributed by atoms with Crippen LogP contribution in [0.1, 0.15) is 18.8 Å². The molecule has 0 amide bonds. The quantitative estimate of drug-likeness (QED) is 0.573. The molecule has 0 saturated heterocycles. The van der Waals surface area contributed by atoms with Crippen molar-refractivity contribution in [3.8, 4) is 0 Å². The zero-order chi connectivity index (χ0) is 18.1. The predicted molar refractivity (Wildman–Crippen MR) is 96.6 cm³/mol. The standard InChI is InChI=1S/C19H16N4O3/c1-12(23-11-20-14-7-3-2-6-13(14)18(23)24)19(25)26-10-17-21-15-8-4-5-9-16(15)22-17/h2-9,11-12H,10H2,1H3,(H,21,22)/t12-/m1/s1. The molecule has 4 aromatic rings. The molecule has 1 atom stereocenters. The maximum absolute atomic E-state index is 12.6. The fourth-order valence-corrected chi connectivity index (χ4v) is 2.81. The number of esters is 1. The highest BCUT2D eigenvalue weighted by molar-refractivity contribution is 5.78. The van der Waals surface area contributed by atoms with Gasteiger partial charge in [0.25, 0.3) is 5.56 Å². The molecule has 0 unspecified atom stereocenters. The minimum atomic E-state index is -0.788. The summed E-state index contributed by atoms with van der Waals surface area (Å²) in [7, 11) is 0. The van der Waals surface area contributed by atoms with Gasteiger partial charge in [0.15, 0.2) is 0 Å². The summed E-state index contributed by atoms with van der Waals surface area (Å²) in [6.45, 7) is 1.62. The van der Waals surface area contributed by atoms with E-state index in [0.717, 1.165) is 11.0 Å². The number of nitrogens with zero attached hydrogens (tertiary/aromatic N) is 3. The van der Waals surface area contributed by atoms with Crippen LogP contribution in [-0.2, 0) is 16.1 Å². The number of para-hydroxylation sites is 3. The van der Waals surface area contributed by atoms with Crippen LogP contribution >= 0.6 is 0 Å². The van der Waals surface area contributed by atoms with Crippen LogP contribution in [0.25, 0.3) is 21.9 Å². The number of imidazole rings is 1. The number of carbonyl (C=O) groups excluding carboxylic acids is 1. The lowest BCUT2D eigenvalue weighted by Crippen LogP contribution is -2.29. The largest absolute Gasteiger partial charge is 0.456 e. The van der Waals surface area contributed by atoms with Gasteiger partial charge in [-0.15, -0.1) is 0 Å². The number of fused-ring (bicyclic) bond motifs is 2. The summed E-state index contributed by atoms with van der Waals surface area (Å²) >= 11 is 0. The lowest BCUT2D eigenvalue weighted by Gasteiger charge is -2.14. The van der Waals surface area contributed by atoms with Gasteiger partial charge in [-0.3, -0.25) is 9.36 Å². The third-order valence-electron chi connectivity index (χ3n) is 4.24. The number of nitrogens with one attached hydrogen (secondary N) is 1. The van der Waals surface area contributed by atoms with Gasteiger partial charge in [0.2, 0.25) is 0 Å². The molecule has 7 nitrogen and oxygen atoms in total. The number of aromatic amines is 1. The van der Waals surface area contributed by atoms with Crippen LogP contribution < -0.4 is 5.56 Å². The van der Waals surface area contributed by atoms with Crippen molar-refractivity contribution in [1.29, 1.82) is 0 Å². The SMILES string of the molecule is C[C@H](C(=O)OCc1nc2ccccc2[nH]1)n1cnc2ccccc2c1=O. The molecule has 0 fully saturated rings. The Kier molecular flexibility index (Phi) is 3.96. The number of carbonyl (C=O) groups is 1. The van der Waals surface area contributed by atoms with Crippen molar-refractivity contribution in [3.05, 3.63) is 71.0 Å². The molecule has 0 aliphatic heterocycles. The highest BCUT2D eigenvalue weighted by atomic mass is 16.5. The van der Waals surface area contributed by atoms with Crippen molar-refractivity contribution in [2.45, 2.75) is 19.6 Å². The number of hydrogen-bond donors (Lipinski definition) is 1. The number of benzene rings is 2. The smallest absolute Gasteiger partial charge is 0.329 e. The Morgan fingerprint density at radius 2 is 1.88 bits per heavy atom. The van der Waals surface area contributed by atoms with Gasteiger partial charge in [-0.1, -0.05) is 24.3 Å². The van der Waals surface area contributed by atoms with E-state index < -0.39 is 12.0 Å². The number of rotatable bonds is 4. The maximum atomic E-state index is 12.6. The fourth-order valence-electron chi connectivity index (χ4n) is 2.81. The Hall–Kier alpha value is -3.48. The van der Waals surface area contributed by atoms with Gasteiger partial charge in [0.05, 0.1) is 28.3 Å². The second kappa shape index (κ2) is 6.44. The molecule has 2 heterocycles. The fraction of sp³-hybridized carbons (Fsp3) is 0.158. The summed E-state index contributed by atoms with van der Waals surface area (Å²) in [5.74, 6) is 0.0281. The van der Waals surface area contributed by atoms with Gasteiger partial charge in [-0.2, -0.15) is 0 Å². The molecule has 0 saturated carbocycles. The predicted octanol–water partition coefficient (Wildman–Crippen LogP) is 2.58. The Bertz CT molecular complexity index is 1130. The number of hydrogen-bond acceptors (Lipinski definition) is 5. The van der Waals surface area contributed by atoms with Crippen molar-refractivity contribution in [2.24, 2.45) is 0 Å². The molecule has 130 valence electrons. The first-order chi connectivity index (χ1) is 12.6. The van der Waals surface area contributed by atoms with E-state index in [0.29, 0.717) is 16.7 Å².